The minimum absolute atomic E-state index is 0.905. The molecule has 3 nitrogen and oxygen atoms in total. The Labute approximate surface area is 336 Å². The van der Waals surface area contributed by atoms with Crippen molar-refractivity contribution in [1.82, 2.24) is 9.13 Å². The van der Waals surface area contributed by atoms with Gasteiger partial charge < -0.3 is 13.6 Å². The maximum absolute atomic E-state index is 6.69. The average molecular weight is 757 g/mol. The quantitative estimate of drug-likeness (QED) is 0.122. The number of hydrogen-bond acceptors (Lipinski definition) is 1. The van der Waals surface area contributed by atoms with Gasteiger partial charge in [0, 0.05) is 43.7 Å². The van der Waals surface area contributed by atoms with Gasteiger partial charge in [0.1, 0.15) is 5.58 Å². The van der Waals surface area contributed by atoms with Crippen molar-refractivity contribution < 1.29 is 4.42 Å². The summed E-state index contributed by atoms with van der Waals surface area (Å²) in [5, 5.41) is 12.6. The van der Waals surface area contributed by atoms with Gasteiger partial charge in [-0.2, -0.15) is 0 Å². The van der Waals surface area contributed by atoms with Crippen molar-refractivity contribution in [2.75, 3.05) is 0 Å². The summed E-state index contributed by atoms with van der Waals surface area (Å²) in [5.74, 6) is 0. The van der Waals surface area contributed by atoms with Crippen LogP contribution in [0.5, 0.6) is 0 Å². The van der Waals surface area contributed by atoms with E-state index in [0.717, 1.165) is 44.3 Å². The predicted molar refractivity (Wildman–Crippen MR) is 246 cm³/mol. The molecule has 0 fully saturated rings. The Morgan fingerprint density at radius 3 is 1.48 bits per heavy atom. The lowest BCUT2D eigenvalue weighted by molar-refractivity contribution is 0.671. The van der Waals surface area contributed by atoms with Crippen molar-refractivity contribution in [3.63, 3.8) is 0 Å². The van der Waals surface area contributed by atoms with Crippen LogP contribution in [0.4, 0.5) is 0 Å². The zero-order valence-corrected chi connectivity index (χ0v) is 32.6. The summed E-state index contributed by atoms with van der Waals surface area (Å²) in [4.78, 5) is 0. The fourth-order valence-corrected chi connectivity index (χ4v) is 14.5. The highest BCUT2D eigenvalue weighted by atomic mass is 28.3. The Kier molecular flexibility index (Phi) is 7.25. The molecule has 12 rings (SSSR count). The van der Waals surface area contributed by atoms with Crippen LogP contribution in [0.2, 0.25) is 0 Å². The molecule has 0 atom stereocenters. The lowest BCUT2D eigenvalue weighted by atomic mass is 10.1. The smallest absolute Gasteiger partial charge is 0.179 e. The van der Waals surface area contributed by atoms with E-state index in [0.29, 0.717) is 0 Å². The van der Waals surface area contributed by atoms with Gasteiger partial charge in [-0.1, -0.05) is 164 Å². The molecule has 0 saturated carbocycles. The number of para-hydroxylation sites is 4. The number of hydrogen-bond donors (Lipinski definition) is 0. The number of nitrogens with zero attached hydrogens (tertiary/aromatic N) is 2. The summed E-state index contributed by atoms with van der Waals surface area (Å²) < 4.78 is 11.5. The van der Waals surface area contributed by atoms with Crippen molar-refractivity contribution in [3.05, 3.63) is 218 Å². The molecule has 12 aromatic rings. The van der Waals surface area contributed by atoms with Crippen LogP contribution in [0, 0.1) is 0 Å². The summed E-state index contributed by atoms with van der Waals surface area (Å²) in [7, 11) is -2.89. The van der Waals surface area contributed by atoms with E-state index in [1.165, 1.54) is 53.3 Å². The maximum Gasteiger partial charge on any atom is 0.179 e. The molecular weight excluding hydrogens is 721 g/mol. The summed E-state index contributed by atoms with van der Waals surface area (Å²) in [6.07, 6.45) is 0. The second-order valence-corrected chi connectivity index (χ2v) is 19.0. The maximum atomic E-state index is 6.69. The minimum Gasteiger partial charge on any atom is -0.454 e. The number of benzene rings is 9. The van der Waals surface area contributed by atoms with Crippen molar-refractivity contribution >= 4 is 94.4 Å². The number of fused-ring (bicyclic) bond motifs is 10. The lowest BCUT2D eigenvalue weighted by Crippen LogP contribution is -2.74. The van der Waals surface area contributed by atoms with Gasteiger partial charge in [0.15, 0.2) is 13.7 Å². The monoisotopic (exact) mass is 756 g/mol. The first kappa shape index (κ1) is 32.8. The summed E-state index contributed by atoms with van der Waals surface area (Å²) >= 11 is 0. The molecule has 9 aromatic carbocycles. The predicted octanol–water partition coefficient (Wildman–Crippen LogP) is 11.2. The van der Waals surface area contributed by atoms with Gasteiger partial charge in [0.25, 0.3) is 0 Å². The molecule has 0 aliphatic heterocycles. The van der Waals surface area contributed by atoms with Crippen LogP contribution < -0.4 is 20.7 Å². The highest BCUT2D eigenvalue weighted by Gasteiger charge is 2.42. The standard InChI is InChI=1S/C54H36N2OSi/c1-4-16-37(17-5-1)55-49-25-13-11-23-44(49)48-36-42(32-35-51(48)55)58(39-18-6-2-7-19-39,40-20-8-3-9-21-40)41-30-28-38(29-31-41)56-50-26-14-10-22-43(50)46-33-34-47-45-24-12-15-27-52(45)57-54(47)53(46)56/h1-36H. The zero-order chi connectivity index (χ0) is 38.2. The summed E-state index contributed by atoms with van der Waals surface area (Å²) in [6, 6.07) is 80.3. The van der Waals surface area contributed by atoms with Crippen LogP contribution in [0.3, 0.4) is 0 Å². The molecule has 0 radical (unpaired) electrons. The van der Waals surface area contributed by atoms with Gasteiger partial charge in [-0.3, -0.25) is 0 Å². The van der Waals surface area contributed by atoms with Crippen LogP contribution >= 0.6 is 0 Å². The van der Waals surface area contributed by atoms with Crippen LogP contribution in [-0.4, -0.2) is 17.2 Å². The third-order valence-corrected chi connectivity index (χ3v) is 17.0. The fraction of sp³-hybridized carbons (Fsp3) is 0. The topological polar surface area (TPSA) is 23.0 Å². The largest absolute Gasteiger partial charge is 0.454 e. The number of furan rings is 1. The van der Waals surface area contributed by atoms with Gasteiger partial charge in [-0.05, 0) is 75.3 Å². The molecule has 0 saturated heterocycles. The first-order valence-electron chi connectivity index (χ1n) is 19.9. The molecule has 4 heteroatoms. The van der Waals surface area contributed by atoms with Crippen molar-refractivity contribution in [2.24, 2.45) is 0 Å². The lowest BCUT2D eigenvalue weighted by Gasteiger charge is -2.34. The Morgan fingerprint density at radius 1 is 0.310 bits per heavy atom. The highest BCUT2D eigenvalue weighted by molar-refractivity contribution is 7.20. The fourth-order valence-electron chi connectivity index (χ4n) is 9.80. The van der Waals surface area contributed by atoms with Crippen LogP contribution in [-0.2, 0) is 0 Å². The molecule has 3 aromatic heterocycles. The van der Waals surface area contributed by atoms with E-state index in [1.807, 2.05) is 6.07 Å². The third-order valence-electron chi connectivity index (χ3n) is 12.3. The molecular formula is C54H36N2OSi. The highest BCUT2D eigenvalue weighted by Crippen LogP contribution is 2.40. The molecule has 0 amide bonds. The molecule has 0 N–H and O–H groups in total. The second-order valence-electron chi connectivity index (χ2n) is 15.2. The van der Waals surface area contributed by atoms with E-state index in [1.54, 1.807) is 0 Å². The van der Waals surface area contributed by atoms with Gasteiger partial charge in [-0.25, -0.2) is 0 Å². The summed E-state index contributed by atoms with van der Waals surface area (Å²) in [6.45, 7) is 0. The van der Waals surface area contributed by atoms with E-state index in [4.69, 9.17) is 4.42 Å². The van der Waals surface area contributed by atoms with Gasteiger partial charge in [0.2, 0.25) is 0 Å². The van der Waals surface area contributed by atoms with E-state index in [-0.39, 0.29) is 0 Å². The Bertz CT molecular complexity index is 3450. The number of rotatable bonds is 6. The first-order chi connectivity index (χ1) is 28.8. The minimum atomic E-state index is -2.89. The van der Waals surface area contributed by atoms with E-state index in [9.17, 15) is 0 Å². The average Bonchev–Trinajstić information content (AvgIpc) is 3.96. The SMILES string of the molecule is c1ccc(-n2c3ccccc3c3cc([Si](c4ccccc4)(c4ccccc4)c4ccc(-n5c6ccccc6c6ccc7c8ccccc8oc7c65)cc4)ccc32)cc1. The van der Waals surface area contributed by atoms with E-state index < -0.39 is 8.07 Å². The van der Waals surface area contributed by atoms with Gasteiger partial charge >= 0.3 is 0 Å². The van der Waals surface area contributed by atoms with Crippen molar-refractivity contribution in [2.45, 2.75) is 0 Å². The Balaban J connectivity index is 1.13. The molecule has 0 bridgehead atoms. The number of aromatic nitrogens is 2. The third kappa shape index (κ3) is 4.67. The van der Waals surface area contributed by atoms with Crippen LogP contribution in [0.15, 0.2) is 223 Å². The summed E-state index contributed by atoms with van der Waals surface area (Å²) in [5.41, 5.74) is 8.76. The molecule has 272 valence electrons. The molecule has 0 aliphatic rings. The van der Waals surface area contributed by atoms with Crippen molar-refractivity contribution in [3.8, 4) is 11.4 Å². The first-order valence-corrected chi connectivity index (χ1v) is 21.9. The second kappa shape index (κ2) is 12.8. The normalized spacial score (nSPS) is 12.1. The van der Waals surface area contributed by atoms with E-state index >= 15 is 0 Å². The molecule has 0 unspecified atom stereocenters. The van der Waals surface area contributed by atoms with Crippen LogP contribution in [0.25, 0.3) is 76.9 Å². The Morgan fingerprint density at radius 2 is 0.793 bits per heavy atom. The molecule has 58 heavy (non-hydrogen) atoms. The van der Waals surface area contributed by atoms with Crippen LogP contribution in [0.1, 0.15) is 0 Å². The van der Waals surface area contributed by atoms with Gasteiger partial charge in [0.05, 0.1) is 22.1 Å². The van der Waals surface area contributed by atoms with Crippen molar-refractivity contribution in [1.29, 1.82) is 0 Å². The molecule has 0 aliphatic carbocycles. The van der Waals surface area contributed by atoms with E-state index in [2.05, 4.69) is 221 Å². The zero-order valence-electron chi connectivity index (χ0n) is 31.6. The Hall–Kier alpha value is -7.40. The van der Waals surface area contributed by atoms with Gasteiger partial charge in [-0.15, -0.1) is 0 Å². The molecule has 3 heterocycles. The molecule has 0 spiro atoms.